The molecule has 3 nitrogen and oxygen atoms in total. The molecule has 0 saturated heterocycles. The van der Waals surface area contributed by atoms with Gasteiger partial charge in [-0.1, -0.05) is 111 Å². The second kappa shape index (κ2) is 12.6. The van der Waals surface area contributed by atoms with E-state index in [-0.39, 0.29) is 12.1 Å². The zero-order chi connectivity index (χ0) is 36.4. The lowest BCUT2D eigenvalue weighted by Gasteiger charge is -2.45. The average Bonchev–Trinajstić information content (AvgIpc) is 3.16. The topological polar surface area (TPSA) is 9.72 Å². The molecule has 0 radical (unpaired) electrons. The highest BCUT2D eigenvalue weighted by Gasteiger charge is 2.44. The van der Waals surface area contributed by atoms with E-state index < -0.39 is 0 Å². The Balaban J connectivity index is 1.35. The second-order valence-electron chi connectivity index (χ2n) is 15.8. The summed E-state index contributed by atoms with van der Waals surface area (Å²) in [6.45, 7) is 13.5. The summed E-state index contributed by atoms with van der Waals surface area (Å²) < 4.78 is 0. The molecule has 7 aromatic carbocycles. The molecule has 2 aliphatic rings. The normalized spacial score (nSPS) is 13.0. The minimum atomic E-state index is 0.00297. The molecular weight excluding hydrogens is 641 g/mol. The van der Waals surface area contributed by atoms with Crippen LogP contribution in [0, 0.1) is 20.8 Å². The van der Waals surface area contributed by atoms with Crippen molar-refractivity contribution < 1.29 is 0 Å². The van der Waals surface area contributed by atoms with E-state index in [1.807, 2.05) is 0 Å². The molecule has 0 unspecified atom stereocenters. The van der Waals surface area contributed by atoms with E-state index in [9.17, 15) is 0 Å². The van der Waals surface area contributed by atoms with Crippen LogP contribution in [0.3, 0.4) is 0 Å². The van der Waals surface area contributed by atoms with Crippen molar-refractivity contribution in [1.82, 2.24) is 0 Å². The summed E-state index contributed by atoms with van der Waals surface area (Å²) in [4.78, 5) is 7.39. The fourth-order valence-electron chi connectivity index (χ4n) is 8.27. The van der Waals surface area contributed by atoms with E-state index in [1.54, 1.807) is 0 Å². The SMILES string of the molecule is Cc1ccc(N(c2ccc(C)cc2)c2ccc3c(c2)N(c2ccccc2)c2cc(C)cc4c2B3c2cc(C(C)(C)C)ccc2N4c2ccccc2)cc1. The fraction of sp³-hybridized carbons (Fsp3) is 0.143. The highest BCUT2D eigenvalue weighted by atomic mass is 15.2. The number of anilines is 9. The maximum absolute atomic E-state index is 2.51. The van der Waals surface area contributed by atoms with Gasteiger partial charge in [-0.25, -0.2) is 0 Å². The van der Waals surface area contributed by atoms with Crippen molar-refractivity contribution in [1.29, 1.82) is 0 Å². The summed E-state index contributed by atoms with van der Waals surface area (Å²) in [5.74, 6) is 0. The van der Waals surface area contributed by atoms with Crippen LogP contribution in [0.25, 0.3) is 0 Å². The molecule has 0 aliphatic carbocycles. The minimum Gasteiger partial charge on any atom is -0.311 e. The van der Waals surface area contributed by atoms with Gasteiger partial charge >= 0.3 is 0 Å². The number of para-hydroxylation sites is 2. The highest BCUT2D eigenvalue weighted by Crippen LogP contribution is 2.46. The van der Waals surface area contributed by atoms with Gasteiger partial charge in [-0.15, -0.1) is 0 Å². The van der Waals surface area contributed by atoms with Gasteiger partial charge in [-0.2, -0.15) is 0 Å². The van der Waals surface area contributed by atoms with Gasteiger partial charge in [0.15, 0.2) is 0 Å². The molecule has 7 aromatic rings. The Bertz CT molecular complexity index is 2420. The average molecular weight is 686 g/mol. The van der Waals surface area contributed by atoms with Gasteiger partial charge in [0.1, 0.15) is 0 Å². The number of nitrogens with zero attached hydrogens (tertiary/aromatic N) is 3. The molecule has 2 aliphatic heterocycles. The summed E-state index contributed by atoms with van der Waals surface area (Å²) in [6.07, 6.45) is 0. The fourth-order valence-corrected chi connectivity index (χ4v) is 8.27. The first kappa shape index (κ1) is 32.9. The lowest BCUT2D eigenvalue weighted by molar-refractivity contribution is 0.591. The van der Waals surface area contributed by atoms with Gasteiger partial charge in [0, 0.05) is 51.2 Å². The van der Waals surface area contributed by atoms with Crippen LogP contribution >= 0.6 is 0 Å². The molecule has 0 fully saturated rings. The Kier molecular flexibility index (Phi) is 7.82. The van der Waals surface area contributed by atoms with Crippen molar-refractivity contribution in [3.63, 3.8) is 0 Å². The molecule has 0 saturated carbocycles. The maximum atomic E-state index is 2.51. The van der Waals surface area contributed by atoms with E-state index in [0.717, 1.165) is 22.7 Å². The minimum absolute atomic E-state index is 0.00297. The first-order valence-electron chi connectivity index (χ1n) is 18.7. The molecule has 0 N–H and O–H groups in total. The maximum Gasteiger partial charge on any atom is 0.252 e. The number of hydrogen-bond acceptors (Lipinski definition) is 3. The molecule has 9 rings (SSSR count). The van der Waals surface area contributed by atoms with Crippen molar-refractivity contribution in [2.24, 2.45) is 0 Å². The number of aryl methyl sites for hydroxylation is 3. The first-order chi connectivity index (χ1) is 25.7. The van der Waals surface area contributed by atoms with E-state index >= 15 is 0 Å². The second-order valence-corrected chi connectivity index (χ2v) is 15.8. The monoisotopic (exact) mass is 685 g/mol. The van der Waals surface area contributed by atoms with E-state index in [4.69, 9.17) is 0 Å². The molecule has 0 bridgehead atoms. The Morgan fingerprint density at radius 2 is 0.943 bits per heavy atom. The highest BCUT2D eigenvalue weighted by molar-refractivity contribution is 7.00. The van der Waals surface area contributed by atoms with E-state index in [2.05, 4.69) is 214 Å². The Morgan fingerprint density at radius 3 is 1.47 bits per heavy atom. The third-order valence-corrected chi connectivity index (χ3v) is 10.9. The summed E-state index contributed by atoms with van der Waals surface area (Å²) in [7, 11) is 0. The quantitative estimate of drug-likeness (QED) is 0.167. The van der Waals surface area contributed by atoms with Gasteiger partial charge in [-0.3, -0.25) is 0 Å². The van der Waals surface area contributed by atoms with Crippen LogP contribution in [0.15, 0.2) is 158 Å². The Morgan fingerprint density at radius 1 is 0.434 bits per heavy atom. The zero-order valence-electron chi connectivity index (χ0n) is 31.4. The van der Waals surface area contributed by atoms with Gasteiger partial charge < -0.3 is 14.7 Å². The number of fused-ring (bicyclic) bond motifs is 4. The van der Waals surface area contributed by atoms with Crippen LogP contribution in [0.5, 0.6) is 0 Å². The lowest BCUT2D eigenvalue weighted by Crippen LogP contribution is -2.61. The van der Waals surface area contributed by atoms with Crippen LogP contribution < -0.4 is 31.1 Å². The number of rotatable bonds is 5. The number of hydrogen-bond donors (Lipinski definition) is 0. The largest absolute Gasteiger partial charge is 0.311 e. The number of benzene rings is 7. The van der Waals surface area contributed by atoms with E-state index in [1.165, 1.54) is 67.1 Å². The predicted octanol–water partition coefficient (Wildman–Crippen LogP) is 11.5. The molecule has 0 atom stereocenters. The van der Waals surface area contributed by atoms with Crippen molar-refractivity contribution in [3.8, 4) is 0 Å². The standard InChI is InChI=1S/C49H44BN3/c1-33-17-22-39(23-18-33)51(40-24-19-34(2)20-25-40)41-26-27-42-45(32-41)53(38-15-11-8-12-16-38)47-30-35(3)29-46-48(47)50(42)43-31-36(49(4,5)6)21-28-44(43)52(46)37-13-9-7-10-14-37/h7-32H,1-6H3. The van der Waals surface area contributed by atoms with Gasteiger partial charge in [0.2, 0.25) is 0 Å². The molecule has 53 heavy (non-hydrogen) atoms. The first-order valence-corrected chi connectivity index (χ1v) is 18.7. The summed E-state index contributed by atoms with van der Waals surface area (Å²) >= 11 is 0. The van der Waals surface area contributed by atoms with Crippen molar-refractivity contribution in [2.75, 3.05) is 14.7 Å². The Labute approximate surface area is 314 Å². The smallest absolute Gasteiger partial charge is 0.252 e. The molecule has 4 heteroatoms. The molecule has 0 amide bonds. The molecular formula is C49H44BN3. The zero-order valence-corrected chi connectivity index (χ0v) is 31.4. The predicted molar refractivity (Wildman–Crippen MR) is 228 cm³/mol. The van der Waals surface area contributed by atoms with Crippen molar-refractivity contribution in [3.05, 3.63) is 180 Å². The molecule has 258 valence electrons. The summed E-state index contributed by atoms with van der Waals surface area (Å²) in [6, 6.07) is 58.6. The van der Waals surface area contributed by atoms with Crippen LogP contribution in [0.4, 0.5) is 51.2 Å². The summed E-state index contributed by atoms with van der Waals surface area (Å²) in [5.41, 5.74) is 19.7. The third kappa shape index (κ3) is 5.61. The van der Waals surface area contributed by atoms with Gasteiger partial charge in [-0.05, 0) is 133 Å². The van der Waals surface area contributed by atoms with Crippen LogP contribution in [0.1, 0.15) is 43.0 Å². The lowest BCUT2D eigenvalue weighted by atomic mass is 9.33. The van der Waals surface area contributed by atoms with Crippen molar-refractivity contribution in [2.45, 2.75) is 47.0 Å². The Hall–Kier alpha value is -6.00. The summed E-state index contributed by atoms with van der Waals surface area (Å²) in [5, 5.41) is 0. The van der Waals surface area contributed by atoms with Crippen LogP contribution in [0.2, 0.25) is 0 Å². The molecule has 0 spiro atoms. The molecule has 2 heterocycles. The van der Waals surface area contributed by atoms with Crippen LogP contribution in [-0.2, 0) is 5.41 Å². The molecule has 0 aromatic heterocycles. The van der Waals surface area contributed by atoms with Crippen molar-refractivity contribution >= 4 is 74.3 Å². The van der Waals surface area contributed by atoms with Gasteiger partial charge in [0.05, 0.1) is 0 Å². The third-order valence-electron chi connectivity index (χ3n) is 10.9. The van der Waals surface area contributed by atoms with E-state index in [0.29, 0.717) is 0 Å². The van der Waals surface area contributed by atoms with Gasteiger partial charge in [0.25, 0.3) is 6.71 Å². The van der Waals surface area contributed by atoms with Crippen LogP contribution in [-0.4, -0.2) is 6.71 Å².